The van der Waals surface area contributed by atoms with Crippen LogP contribution in [-0.4, -0.2) is 24.6 Å². The van der Waals surface area contributed by atoms with Gasteiger partial charge in [0.15, 0.2) is 0 Å². The molecule has 6 heteroatoms. The van der Waals surface area contributed by atoms with Gasteiger partial charge in [-0.15, -0.1) is 0 Å². The smallest absolute Gasteiger partial charge is 0.225 e. The van der Waals surface area contributed by atoms with Gasteiger partial charge in [-0.25, -0.2) is 13.4 Å². The molecule has 1 heterocycles. The molecule has 74 valence electrons. The summed E-state index contributed by atoms with van der Waals surface area (Å²) in [5.74, 6) is 0. The lowest BCUT2D eigenvalue weighted by Gasteiger charge is -1.88. The number of H-pyrrole nitrogens is 1. The highest BCUT2D eigenvalue weighted by Gasteiger charge is 2.12. The highest BCUT2D eigenvalue weighted by molar-refractivity contribution is 9.10. The Bertz CT molecular complexity index is 588. The quantitative estimate of drug-likeness (QED) is 0.862. The zero-order chi connectivity index (χ0) is 10.3. The van der Waals surface area contributed by atoms with Crippen LogP contribution in [0.2, 0.25) is 0 Å². The molecule has 0 atom stereocenters. The molecule has 0 bridgehead atoms. The lowest BCUT2D eigenvalue weighted by molar-refractivity contribution is 0.595. The minimum atomic E-state index is -3.26. The van der Waals surface area contributed by atoms with Crippen molar-refractivity contribution >= 4 is 36.8 Å². The molecule has 0 spiro atoms. The summed E-state index contributed by atoms with van der Waals surface area (Å²) in [7, 11) is -3.26. The fourth-order valence-corrected chi connectivity index (χ4v) is 2.05. The number of sulfone groups is 1. The second-order valence-electron chi connectivity index (χ2n) is 2.98. The molecule has 0 aliphatic heterocycles. The first-order chi connectivity index (χ1) is 6.47. The van der Waals surface area contributed by atoms with Gasteiger partial charge in [-0.05, 0) is 18.2 Å². The van der Waals surface area contributed by atoms with Crippen molar-refractivity contribution in [3.05, 3.63) is 22.7 Å². The van der Waals surface area contributed by atoms with Crippen molar-refractivity contribution in [3.63, 3.8) is 0 Å². The van der Waals surface area contributed by atoms with Gasteiger partial charge in [0.05, 0.1) is 11.0 Å². The maximum atomic E-state index is 11.2. The molecule has 1 aromatic heterocycles. The number of fused-ring (bicyclic) bond motifs is 1. The monoisotopic (exact) mass is 274 g/mol. The Morgan fingerprint density at radius 1 is 1.43 bits per heavy atom. The van der Waals surface area contributed by atoms with Gasteiger partial charge in [0, 0.05) is 10.7 Å². The summed E-state index contributed by atoms with van der Waals surface area (Å²) in [5.41, 5.74) is 1.36. The number of aromatic nitrogens is 2. The van der Waals surface area contributed by atoms with Crippen LogP contribution < -0.4 is 0 Å². The Balaban J connectivity index is 2.75. The van der Waals surface area contributed by atoms with Crippen LogP contribution in [0.3, 0.4) is 0 Å². The summed E-state index contributed by atoms with van der Waals surface area (Å²) in [6.45, 7) is 0. The van der Waals surface area contributed by atoms with Gasteiger partial charge in [-0.3, -0.25) is 0 Å². The highest BCUT2D eigenvalue weighted by atomic mass is 79.9. The van der Waals surface area contributed by atoms with Crippen molar-refractivity contribution < 1.29 is 8.42 Å². The topological polar surface area (TPSA) is 62.8 Å². The van der Waals surface area contributed by atoms with Crippen LogP contribution >= 0.6 is 15.9 Å². The molecular weight excluding hydrogens is 268 g/mol. The third-order valence-corrected chi connectivity index (χ3v) is 3.16. The van der Waals surface area contributed by atoms with Crippen LogP contribution in [0, 0.1) is 0 Å². The Kier molecular flexibility index (Phi) is 2.11. The van der Waals surface area contributed by atoms with Crippen molar-refractivity contribution in [2.45, 2.75) is 5.16 Å². The molecule has 0 saturated carbocycles. The number of nitrogens with zero attached hydrogens (tertiary/aromatic N) is 1. The summed E-state index contributed by atoms with van der Waals surface area (Å²) in [6.07, 6.45) is 1.12. The number of aromatic amines is 1. The number of imidazole rings is 1. The summed E-state index contributed by atoms with van der Waals surface area (Å²) in [4.78, 5) is 6.71. The molecule has 2 aromatic rings. The normalized spacial score (nSPS) is 12.1. The Labute approximate surface area is 89.4 Å². The van der Waals surface area contributed by atoms with Crippen LogP contribution in [0.1, 0.15) is 0 Å². The van der Waals surface area contributed by atoms with Gasteiger partial charge in [-0.1, -0.05) is 15.9 Å². The first kappa shape index (κ1) is 9.67. The van der Waals surface area contributed by atoms with E-state index in [0.29, 0.717) is 11.0 Å². The fraction of sp³-hybridized carbons (Fsp3) is 0.125. The largest absolute Gasteiger partial charge is 0.329 e. The van der Waals surface area contributed by atoms with Crippen molar-refractivity contribution in [1.82, 2.24) is 9.97 Å². The standard InChI is InChI=1S/C8H7BrN2O2S/c1-14(12,13)8-10-6-3-2-5(9)4-7(6)11-8/h2-4H,1H3,(H,10,11). The van der Waals surface area contributed by atoms with Crippen molar-refractivity contribution in [2.75, 3.05) is 6.26 Å². The number of benzene rings is 1. The molecule has 2 rings (SSSR count). The minimum absolute atomic E-state index is 0.00519. The molecule has 0 fully saturated rings. The SMILES string of the molecule is CS(=O)(=O)c1nc2ccc(Br)cc2[nH]1. The van der Waals surface area contributed by atoms with Crippen LogP contribution in [0.15, 0.2) is 27.8 Å². The summed E-state index contributed by atoms with van der Waals surface area (Å²) in [5, 5.41) is 0.00519. The van der Waals surface area contributed by atoms with E-state index >= 15 is 0 Å². The maximum absolute atomic E-state index is 11.2. The second kappa shape index (κ2) is 3.06. The molecule has 14 heavy (non-hydrogen) atoms. The molecule has 0 aliphatic rings. The first-order valence-corrected chi connectivity index (χ1v) is 6.50. The van der Waals surface area contributed by atoms with E-state index in [1.165, 1.54) is 0 Å². The Morgan fingerprint density at radius 3 is 2.79 bits per heavy atom. The molecule has 1 aromatic carbocycles. The average Bonchev–Trinajstić information content (AvgIpc) is 2.45. The third-order valence-electron chi connectivity index (χ3n) is 1.77. The molecule has 0 unspecified atom stereocenters. The van der Waals surface area contributed by atoms with E-state index in [0.717, 1.165) is 10.7 Å². The predicted molar refractivity (Wildman–Crippen MR) is 56.9 cm³/mol. The van der Waals surface area contributed by atoms with Crippen LogP contribution in [-0.2, 0) is 9.84 Å². The van der Waals surface area contributed by atoms with Crippen LogP contribution in [0.5, 0.6) is 0 Å². The van der Waals surface area contributed by atoms with Gasteiger partial charge in [0.1, 0.15) is 0 Å². The van der Waals surface area contributed by atoms with E-state index in [1.807, 2.05) is 6.07 Å². The third kappa shape index (κ3) is 1.67. The number of nitrogens with one attached hydrogen (secondary N) is 1. The zero-order valence-electron chi connectivity index (χ0n) is 7.28. The van der Waals surface area contributed by atoms with Crippen molar-refractivity contribution in [3.8, 4) is 0 Å². The second-order valence-corrected chi connectivity index (χ2v) is 5.82. The van der Waals surface area contributed by atoms with Crippen LogP contribution in [0.25, 0.3) is 11.0 Å². The average molecular weight is 275 g/mol. The minimum Gasteiger partial charge on any atom is -0.329 e. The molecule has 0 saturated heterocycles. The fourth-order valence-electron chi connectivity index (χ4n) is 1.13. The van der Waals surface area contributed by atoms with Crippen molar-refractivity contribution in [2.24, 2.45) is 0 Å². The number of halogens is 1. The molecule has 1 N–H and O–H groups in total. The first-order valence-electron chi connectivity index (χ1n) is 3.82. The molecular formula is C8H7BrN2O2S. The Hall–Kier alpha value is -0.880. The Morgan fingerprint density at radius 2 is 2.14 bits per heavy atom. The lowest BCUT2D eigenvalue weighted by Crippen LogP contribution is -1.98. The van der Waals surface area contributed by atoms with Crippen molar-refractivity contribution in [1.29, 1.82) is 0 Å². The van der Waals surface area contributed by atoms with Crippen LogP contribution in [0.4, 0.5) is 0 Å². The summed E-state index contributed by atoms with van der Waals surface area (Å²) in [6, 6.07) is 5.36. The van der Waals surface area contributed by atoms with Gasteiger partial charge >= 0.3 is 0 Å². The van der Waals surface area contributed by atoms with E-state index < -0.39 is 9.84 Å². The van der Waals surface area contributed by atoms with Gasteiger partial charge in [-0.2, -0.15) is 0 Å². The molecule has 0 aliphatic carbocycles. The number of rotatable bonds is 1. The predicted octanol–water partition coefficient (Wildman–Crippen LogP) is 1.73. The van der Waals surface area contributed by atoms with E-state index in [-0.39, 0.29) is 5.16 Å². The van der Waals surface area contributed by atoms with Gasteiger partial charge < -0.3 is 4.98 Å². The number of hydrogen-bond donors (Lipinski definition) is 1. The maximum Gasteiger partial charge on any atom is 0.225 e. The number of hydrogen-bond acceptors (Lipinski definition) is 3. The van der Waals surface area contributed by atoms with E-state index in [9.17, 15) is 8.42 Å². The van der Waals surface area contributed by atoms with E-state index in [4.69, 9.17) is 0 Å². The zero-order valence-corrected chi connectivity index (χ0v) is 9.68. The van der Waals surface area contributed by atoms with E-state index in [1.54, 1.807) is 12.1 Å². The van der Waals surface area contributed by atoms with Gasteiger partial charge in [0.2, 0.25) is 15.0 Å². The molecule has 0 amide bonds. The summed E-state index contributed by atoms with van der Waals surface area (Å²) >= 11 is 3.29. The highest BCUT2D eigenvalue weighted by Crippen LogP contribution is 2.19. The van der Waals surface area contributed by atoms with E-state index in [2.05, 4.69) is 25.9 Å². The molecule has 0 radical (unpaired) electrons. The van der Waals surface area contributed by atoms with Gasteiger partial charge in [0.25, 0.3) is 0 Å². The summed E-state index contributed by atoms with van der Waals surface area (Å²) < 4.78 is 23.2. The lowest BCUT2D eigenvalue weighted by atomic mass is 10.3. The molecule has 4 nitrogen and oxygen atoms in total.